The molecule has 0 unspecified atom stereocenters. The summed E-state index contributed by atoms with van der Waals surface area (Å²) < 4.78 is 0. The van der Waals surface area contributed by atoms with Crippen LogP contribution < -0.4 is 0 Å². The predicted octanol–water partition coefficient (Wildman–Crippen LogP) is 11.4. The summed E-state index contributed by atoms with van der Waals surface area (Å²) in [5.41, 5.74) is 0. The molecular formula is C29H60. The Morgan fingerprint density at radius 1 is 0.310 bits per heavy atom. The van der Waals surface area contributed by atoms with Gasteiger partial charge in [-0.25, -0.2) is 0 Å². The van der Waals surface area contributed by atoms with Crippen molar-refractivity contribution < 1.29 is 0 Å². The standard InChI is InChI=1S/C29H60/c1-4-5-6-7-8-9-10-11-12-13-14-15-16-17-18-19-20-21-22-23-24-25-26-27-28-29(2)3/h29H,4-28H2,1-3H3. The summed E-state index contributed by atoms with van der Waals surface area (Å²) in [6, 6.07) is 0. The van der Waals surface area contributed by atoms with Gasteiger partial charge in [0.2, 0.25) is 0 Å². The lowest BCUT2D eigenvalue weighted by molar-refractivity contribution is 0.500. The topological polar surface area (TPSA) is 0 Å². The number of hydrogen-bond acceptors (Lipinski definition) is 0. The summed E-state index contributed by atoms with van der Waals surface area (Å²) in [6.45, 7) is 7.00. The monoisotopic (exact) mass is 408 g/mol. The van der Waals surface area contributed by atoms with Gasteiger partial charge in [0.05, 0.1) is 0 Å². The molecule has 29 heavy (non-hydrogen) atoms. The molecule has 0 aliphatic rings. The van der Waals surface area contributed by atoms with Crippen molar-refractivity contribution in [3.05, 3.63) is 0 Å². The van der Waals surface area contributed by atoms with E-state index in [2.05, 4.69) is 20.8 Å². The Kier molecular flexibility index (Phi) is 26.0. The normalized spacial score (nSPS) is 11.6. The van der Waals surface area contributed by atoms with Gasteiger partial charge in [0.25, 0.3) is 0 Å². The lowest BCUT2D eigenvalue weighted by Gasteiger charge is -2.05. The minimum Gasteiger partial charge on any atom is -0.0654 e. The van der Waals surface area contributed by atoms with E-state index in [1.54, 1.807) is 0 Å². The van der Waals surface area contributed by atoms with Gasteiger partial charge in [-0.15, -0.1) is 0 Å². The highest BCUT2D eigenvalue weighted by Gasteiger charge is 1.97. The van der Waals surface area contributed by atoms with Crippen molar-refractivity contribution in [3.63, 3.8) is 0 Å². The zero-order chi connectivity index (χ0) is 21.3. The first-order valence-electron chi connectivity index (χ1n) is 14.3. The molecule has 0 aromatic heterocycles. The zero-order valence-electron chi connectivity index (χ0n) is 21.3. The van der Waals surface area contributed by atoms with Gasteiger partial charge < -0.3 is 0 Å². The smallest absolute Gasteiger partial charge is 0.0471 e. The fourth-order valence-corrected chi connectivity index (χ4v) is 4.51. The molecule has 0 aliphatic heterocycles. The van der Waals surface area contributed by atoms with E-state index in [9.17, 15) is 0 Å². The van der Waals surface area contributed by atoms with Crippen LogP contribution in [0.2, 0.25) is 0 Å². The van der Waals surface area contributed by atoms with E-state index in [-0.39, 0.29) is 0 Å². The van der Waals surface area contributed by atoms with E-state index in [0.717, 1.165) is 5.92 Å². The van der Waals surface area contributed by atoms with Gasteiger partial charge in [0.15, 0.2) is 0 Å². The summed E-state index contributed by atoms with van der Waals surface area (Å²) >= 11 is 0. The molecule has 176 valence electrons. The highest BCUT2D eigenvalue weighted by Crippen LogP contribution is 2.16. The van der Waals surface area contributed by atoms with Crippen molar-refractivity contribution in [2.45, 2.75) is 181 Å². The molecule has 0 aromatic rings. The van der Waals surface area contributed by atoms with Crippen LogP contribution in [0.15, 0.2) is 0 Å². The first-order chi connectivity index (χ1) is 14.3. The third kappa shape index (κ3) is 28.0. The average Bonchev–Trinajstić information content (AvgIpc) is 2.71. The van der Waals surface area contributed by atoms with Crippen molar-refractivity contribution in [2.75, 3.05) is 0 Å². The first kappa shape index (κ1) is 29.0. The molecule has 0 heterocycles. The molecule has 0 saturated carbocycles. The third-order valence-electron chi connectivity index (χ3n) is 6.64. The fourth-order valence-electron chi connectivity index (χ4n) is 4.51. The van der Waals surface area contributed by atoms with E-state index in [4.69, 9.17) is 0 Å². The van der Waals surface area contributed by atoms with Crippen molar-refractivity contribution in [2.24, 2.45) is 5.92 Å². The molecule has 0 atom stereocenters. The molecule has 0 rings (SSSR count). The molecule has 0 saturated heterocycles. The quantitative estimate of drug-likeness (QED) is 0.132. The maximum absolute atomic E-state index is 2.35. The third-order valence-corrected chi connectivity index (χ3v) is 6.64. The summed E-state index contributed by atoms with van der Waals surface area (Å²) in [7, 11) is 0. The second-order valence-corrected chi connectivity index (χ2v) is 10.3. The summed E-state index contributed by atoms with van der Waals surface area (Å²) in [5.74, 6) is 0.898. The lowest BCUT2D eigenvalue weighted by atomic mass is 10.0. The summed E-state index contributed by atoms with van der Waals surface area (Å²) in [4.78, 5) is 0. The lowest BCUT2D eigenvalue weighted by Crippen LogP contribution is -1.87. The predicted molar refractivity (Wildman–Crippen MR) is 136 cm³/mol. The zero-order valence-corrected chi connectivity index (χ0v) is 21.3. The van der Waals surface area contributed by atoms with Crippen LogP contribution in [0.4, 0.5) is 0 Å². The van der Waals surface area contributed by atoms with Gasteiger partial charge in [-0.1, -0.05) is 181 Å². The molecule has 0 N–H and O–H groups in total. The molecule has 0 heteroatoms. The SMILES string of the molecule is CCCCCCCCCCCCCCCCCCCCCCCCCCC(C)C. The Balaban J connectivity index is 2.98. The largest absolute Gasteiger partial charge is 0.0654 e. The highest BCUT2D eigenvalue weighted by atomic mass is 14.0. The van der Waals surface area contributed by atoms with Crippen molar-refractivity contribution in [1.29, 1.82) is 0 Å². The molecule has 0 radical (unpaired) electrons. The highest BCUT2D eigenvalue weighted by molar-refractivity contribution is 4.52. The molecular weight excluding hydrogens is 348 g/mol. The molecule has 0 nitrogen and oxygen atoms in total. The number of rotatable bonds is 25. The number of hydrogen-bond donors (Lipinski definition) is 0. The Bertz CT molecular complexity index is 267. The van der Waals surface area contributed by atoms with E-state index in [1.165, 1.54) is 161 Å². The van der Waals surface area contributed by atoms with Crippen molar-refractivity contribution in [3.8, 4) is 0 Å². The first-order valence-corrected chi connectivity index (χ1v) is 14.3. The molecule has 0 aromatic carbocycles. The second kappa shape index (κ2) is 26.0. The van der Waals surface area contributed by atoms with Gasteiger partial charge in [0.1, 0.15) is 0 Å². The Labute approximate surface area is 187 Å². The van der Waals surface area contributed by atoms with Crippen molar-refractivity contribution in [1.82, 2.24) is 0 Å². The van der Waals surface area contributed by atoms with E-state index in [1.807, 2.05) is 0 Å². The maximum Gasteiger partial charge on any atom is -0.0471 e. The molecule has 0 spiro atoms. The van der Waals surface area contributed by atoms with Crippen LogP contribution in [0.25, 0.3) is 0 Å². The summed E-state index contributed by atoms with van der Waals surface area (Å²) in [5, 5.41) is 0. The van der Waals surface area contributed by atoms with Crippen LogP contribution in [-0.2, 0) is 0 Å². The van der Waals surface area contributed by atoms with E-state index < -0.39 is 0 Å². The van der Waals surface area contributed by atoms with Crippen LogP contribution in [0.3, 0.4) is 0 Å². The average molecular weight is 409 g/mol. The van der Waals surface area contributed by atoms with Crippen LogP contribution in [-0.4, -0.2) is 0 Å². The Morgan fingerprint density at radius 2 is 0.517 bits per heavy atom. The van der Waals surface area contributed by atoms with Crippen LogP contribution in [0.1, 0.15) is 181 Å². The Morgan fingerprint density at radius 3 is 0.724 bits per heavy atom. The van der Waals surface area contributed by atoms with Gasteiger partial charge in [0, 0.05) is 0 Å². The molecule has 0 fully saturated rings. The minimum atomic E-state index is 0.898. The summed E-state index contributed by atoms with van der Waals surface area (Å²) in [6.07, 6.45) is 36.9. The number of unbranched alkanes of at least 4 members (excludes halogenated alkanes) is 23. The minimum absolute atomic E-state index is 0.898. The van der Waals surface area contributed by atoms with Gasteiger partial charge in [-0.2, -0.15) is 0 Å². The second-order valence-electron chi connectivity index (χ2n) is 10.3. The van der Waals surface area contributed by atoms with Gasteiger partial charge in [-0.3, -0.25) is 0 Å². The van der Waals surface area contributed by atoms with E-state index >= 15 is 0 Å². The molecule has 0 amide bonds. The maximum atomic E-state index is 2.35. The van der Waals surface area contributed by atoms with Gasteiger partial charge >= 0.3 is 0 Å². The Hall–Kier alpha value is 0. The molecule has 0 aliphatic carbocycles. The van der Waals surface area contributed by atoms with Crippen molar-refractivity contribution >= 4 is 0 Å². The van der Waals surface area contributed by atoms with Crippen LogP contribution in [0, 0.1) is 5.92 Å². The fraction of sp³-hybridized carbons (Fsp3) is 1.00. The molecule has 0 bridgehead atoms. The van der Waals surface area contributed by atoms with Crippen LogP contribution in [0.5, 0.6) is 0 Å². The van der Waals surface area contributed by atoms with Gasteiger partial charge in [-0.05, 0) is 5.92 Å². The van der Waals surface area contributed by atoms with E-state index in [0.29, 0.717) is 0 Å². The van der Waals surface area contributed by atoms with Crippen LogP contribution >= 0.6 is 0 Å².